The molecule has 1 rings (SSSR count). The minimum atomic E-state index is -4.61. The molecule has 1 amide bonds. The Balaban J connectivity index is 2.65. The summed E-state index contributed by atoms with van der Waals surface area (Å²) in [4.78, 5) is 11.0. The van der Waals surface area contributed by atoms with Gasteiger partial charge in [0, 0.05) is 5.69 Å². The lowest BCUT2D eigenvalue weighted by Gasteiger charge is -2.09. The van der Waals surface area contributed by atoms with E-state index in [1.165, 1.54) is 31.3 Å². The molecule has 0 heterocycles. The summed E-state index contributed by atoms with van der Waals surface area (Å²) in [5.74, 6) is 0. The summed E-state index contributed by atoms with van der Waals surface area (Å²) < 4.78 is 64.2. The number of ether oxygens (including phenoxy) is 1. The number of benzene rings is 1. The van der Waals surface area contributed by atoms with Crippen molar-refractivity contribution in [1.29, 1.82) is 0 Å². The fourth-order valence-electron chi connectivity index (χ4n) is 1.14. The highest BCUT2D eigenvalue weighted by Crippen LogP contribution is 2.16. The number of rotatable bonds is 4. The average molecular weight is 312 g/mol. The van der Waals surface area contributed by atoms with Gasteiger partial charge in [0.1, 0.15) is 0 Å². The third-order valence-electron chi connectivity index (χ3n) is 2.05. The third kappa shape index (κ3) is 5.05. The van der Waals surface area contributed by atoms with Crippen LogP contribution in [0.25, 0.3) is 0 Å². The second-order valence-corrected chi connectivity index (χ2v) is 5.43. The molecule has 6 nitrogen and oxygen atoms in total. The van der Waals surface area contributed by atoms with Crippen molar-refractivity contribution < 1.29 is 31.1 Å². The Morgan fingerprint density at radius 1 is 1.25 bits per heavy atom. The second-order valence-electron chi connectivity index (χ2n) is 3.55. The molecule has 10 heteroatoms. The normalized spacial score (nSPS) is 12.0. The monoisotopic (exact) mass is 312 g/mol. The maximum absolute atomic E-state index is 11.8. The van der Waals surface area contributed by atoms with Crippen LogP contribution in [-0.2, 0) is 14.8 Å². The molecule has 2 N–H and O–H groups in total. The van der Waals surface area contributed by atoms with Gasteiger partial charge < -0.3 is 4.74 Å². The summed E-state index contributed by atoms with van der Waals surface area (Å²) in [6, 6.07) is 4.81. The Bertz CT molecular complexity index is 569. The molecule has 0 fully saturated rings. The van der Waals surface area contributed by atoms with Gasteiger partial charge in [0.2, 0.25) is 10.0 Å². The fraction of sp³-hybridized carbons (Fsp3) is 0.300. The number of nitrogens with one attached hydrogen (secondary N) is 2. The van der Waals surface area contributed by atoms with Crippen molar-refractivity contribution in [2.24, 2.45) is 0 Å². The van der Waals surface area contributed by atoms with Crippen molar-refractivity contribution in [1.82, 2.24) is 4.72 Å². The van der Waals surface area contributed by atoms with Crippen molar-refractivity contribution in [3.05, 3.63) is 24.3 Å². The first-order valence-corrected chi connectivity index (χ1v) is 6.66. The predicted octanol–water partition coefficient (Wildman–Crippen LogP) is 1.71. The minimum absolute atomic E-state index is 0.0470. The largest absolute Gasteiger partial charge is 0.440 e. The van der Waals surface area contributed by atoms with Crippen molar-refractivity contribution in [3.8, 4) is 0 Å². The van der Waals surface area contributed by atoms with Gasteiger partial charge in [-0.2, -0.15) is 13.2 Å². The third-order valence-corrected chi connectivity index (χ3v) is 3.48. The average Bonchev–Trinajstić information content (AvgIpc) is 2.36. The molecule has 1 aromatic rings. The molecule has 0 bridgehead atoms. The van der Waals surface area contributed by atoms with Gasteiger partial charge in [-0.15, -0.1) is 0 Å². The maximum Gasteiger partial charge on any atom is 0.422 e. The molecular weight excluding hydrogens is 301 g/mol. The van der Waals surface area contributed by atoms with Crippen molar-refractivity contribution in [2.75, 3.05) is 19.0 Å². The molecule has 0 aliphatic heterocycles. The summed E-state index contributed by atoms with van der Waals surface area (Å²) in [7, 11) is -2.38. The molecule has 20 heavy (non-hydrogen) atoms. The number of halogens is 3. The highest BCUT2D eigenvalue weighted by molar-refractivity contribution is 7.89. The second kappa shape index (κ2) is 6.09. The van der Waals surface area contributed by atoms with E-state index in [2.05, 4.69) is 9.46 Å². The van der Waals surface area contributed by atoms with Crippen LogP contribution in [0.4, 0.5) is 23.7 Å². The number of anilines is 1. The van der Waals surface area contributed by atoms with Gasteiger partial charge in [-0.1, -0.05) is 0 Å². The number of alkyl halides is 3. The van der Waals surface area contributed by atoms with Crippen LogP contribution in [-0.4, -0.2) is 34.3 Å². The summed E-state index contributed by atoms with van der Waals surface area (Å²) in [5, 5.41) is 2.03. The molecule has 0 radical (unpaired) electrons. The molecule has 0 saturated heterocycles. The SMILES string of the molecule is CNS(=O)(=O)c1ccc(NC(=O)OCC(F)(F)F)cc1. The maximum atomic E-state index is 11.8. The van der Waals surface area contributed by atoms with Gasteiger partial charge >= 0.3 is 12.3 Å². The Labute approximate surface area is 113 Å². The molecule has 0 atom stereocenters. The summed E-state index contributed by atoms with van der Waals surface area (Å²) >= 11 is 0. The summed E-state index contributed by atoms with van der Waals surface area (Å²) in [5.41, 5.74) is 0.104. The predicted molar refractivity (Wildman–Crippen MR) is 63.7 cm³/mol. The molecule has 1 aromatic carbocycles. The molecule has 0 aromatic heterocycles. The fourth-order valence-corrected chi connectivity index (χ4v) is 1.87. The van der Waals surface area contributed by atoms with Crippen LogP contribution < -0.4 is 10.0 Å². The number of carbonyl (C=O) groups is 1. The smallest absolute Gasteiger partial charge is 0.422 e. The standard InChI is InChI=1S/C10H11F3N2O4S/c1-14-20(17,18)8-4-2-7(3-5-8)15-9(16)19-6-10(11,12)13/h2-5,14H,6H2,1H3,(H,15,16). The number of carbonyl (C=O) groups excluding carboxylic acids is 1. The minimum Gasteiger partial charge on any atom is -0.440 e. The quantitative estimate of drug-likeness (QED) is 0.886. The van der Waals surface area contributed by atoms with Crippen LogP contribution in [0.5, 0.6) is 0 Å². The topological polar surface area (TPSA) is 84.5 Å². The van der Waals surface area contributed by atoms with Crippen molar-refractivity contribution in [2.45, 2.75) is 11.1 Å². The first-order chi connectivity index (χ1) is 9.14. The van der Waals surface area contributed by atoms with Crippen LogP contribution in [0.2, 0.25) is 0 Å². The Morgan fingerprint density at radius 2 is 1.80 bits per heavy atom. The van der Waals surface area contributed by atoms with E-state index in [-0.39, 0.29) is 10.6 Å². The van der Waals surface area contributed by atoms with E-state index in [1.54, 1.807) is 0 Å². The van der Waals surface area contributed by atoms with Gasteiger partial charge in [0.05, 0.1) is 4.90 Å². The zero-order valence-corrected chi connectivity index (χ0v) is 11.0. The van der Waals surface area contributed by atoms with Gasteiger partial charge in [-0.25, -0.2) is 17.9 Å². The van der Waals surface area contributed by atoms with E-state index in [9.17, 15) is 26.4 Å². The first-order valence-electron chi connectivity index (χ1n) is 5.18. The Hall–Kier alpha value is -1.81. The van der Waals surface area contributed by atoms with E-state index < -0.39 is 28.9 Å². The van der Waals surface area contributed by atoms with E-state index in [0.717, 1.165) is 0 Å². The molecule has 0 unspecified atom stereocenters. The lowest BCUT2D eigenvalue weighted by Crippen LogP contribution is -2.23. The van der Waals surface area contributed by atoms with Crippen LogP contribution >= 0.6 is 0 Å². The molecular formula is C10H11F3N2O4S. The van der Waals surface area contributed by atoms with Crippen molar-refractivity contribution in [3.63, 3.8) is 0 Å². The zero-order chi connectivity index (χ0) is 15.4. The number of amides is 1. The first kappa shape index (κ1) is 16.2. The zero-order valence-electron chi connectivity index (χ0n) is 10.2. The number of hydrogen-bond acceptors (Lipinski definition) is 4. The molecule has 0 aliphatic rings. The Kier molecular flexibility index (Phi) is 4.95. The lowest BCUT2D eigenvalue weighted by atomic mass is 10.3. The van der Waals surface area contributed by atoms with Crippen LogP contribution in [0.3, 0.4) is 0 Å². The van der Waals surface area contributed by atoms with Crippen LogP contribution in [0.1, 0.15) is 0 Å². The Morgan fingerprint density at radius 3 is 2.25 bits per heavy atom. The molecule has 0 aliphatic carbocycles. The molecule has 0 saturated carbocycles. The molecule has 112 valence electrons. The van der Waals surface area contributed by atoms with Gasteiger partial charge in [0.25, 0.3) is 0 Å². The van der Waals surface area contributed by atoms with E-state index in [4.69, 9.17) is 0 Å². The van der Waals surface area contributed by atoms with Gasteiger partial charge in [-0.3, -0.25) is 5.32 Å². The highest BCUT2D eigenvalue weighted by Gasteiger charge is 2.29. The van der Waals surface area contributed by atoms with Gasteiger partial charge in [0.15, 0.2) is 6.61 Å². The summed E-state index contributed by atoms with van der Waals surface area (Å²) in [6.07, 6.45) is -5.89. The lowest BCUT2D eigenvalue weighted by molar-refractivity contribution is -0.159. The van der Waals surface area contributed by atoms with Crippen molar-refractivity contribution >= 4 is 21.8 Å². The van der Waals surface area contributed by atoms with Crippen LogP contribution in [0.15, 0.2) is 29.2 Å². The van der Waals surface area contributed by atoms with Gasteiger partial charge in [-0.05, 0) is 31.3 Å². The van der Waals surface area contributed by atoms with E-state index in [0.29, 0.717) is 0 Å². The van der Waals surface area contributed by atoms with E-state index >= 15 is 0 Å². The summed E-state index contributed by atoms with van der Waals surface area (Å²) in [6.45, 7) is -1.70. The number of sulfonamides is 1. The van der Waals surface area contributed by atoms with E-state index in [1.807, 2.05) is 5.32 Å². The molecule has 0 spiro atoms. The number of hydrogen-bond donors (Lipinski definition) is 2. The van der Waals surface area contributed by atoms with Crippen LogP contribution in [0, 0.1) is 0 Å². The highest BCUT2D eigenvalue weighted by atomic mass is 32.2.